The number of benzene rings is 1. The molecular weight excluding hydrogens is 228 g/mol. The molecule has 2 aromatic rings. The first-order chi connectivity index (χ1) is 8.40. The maximum absolute atomic E-state index is 4.37. The van der Waals surface area contributed by atoms with Crippen molar-refractivity contribution < 1.29 is 0 Å². The lowest BCUT2D eigenvalue weighted by molar-refractivity contribution is 0.525. The van der Waals surface area contributed by atoms with Crippen molar-refractivity contribution in [3.8, 4) is 0 Å². The van der Waals surface area contributed by atoms with Crippen LogP contribution in [0, 0.1) is 0 Å². The minimum absolute atomic E-state index is 0.373. The van der Waals surface area contributed by atoms with Crippen molar-refractivity contribution in [3.05, 3.63) is 52.5 Å². The lowest BCUT2D eigenvalue weighted by atomic mass is 10.0. The zero-order valence-corrected chi connectivity index (χ0v) is 10.9. The number of nitrogens with zero attached hydrogens (tertiary/aromatic N) is 1. The van der Waals surface area contributed by atoms with Gasteiger partial charge in [0.25, 0.3) is 0 Å². The van der Waals surface area contributed by atoms with E-state index in [0.29, 0.717) is 6.04 Å². The third-order valence-corrected chi connectivity index (χ3v) is 3.37. The fourth-order valence-corrected chi connectivity index (χ4v) is 2.43. The van der Waals surface area contributed by atoms with E-state index in [-0.39, 0.29) is 0 Å². The van der Waals surface area contributed by atoms with Crippen LogP contribution in [0.3, 0.4) is 0 Å². The Morgan fingerprint density at radius 1 is 1.29 bits per heavy atom. The minimum atomic E-state index is 0.373. The fraction of sp³-hybridized carbons (Fsp3) is 0.357. The molecule has 1 unspecified atom stereocenters. The van der Waals surface area contributed by atoms with E-state index in [4.69, 9.17) is 0 Å². The largest absolute Gasteiger partial charge is 0.310 e. The lowest BCUT2D eigenvalue weighted by Gasteiger charge is -2.18. The Kier molecular flexibility index (Phi) is 4.71. The normalized spacial score (nSPS) is 12.5. The summed E-state index contributed by atoms with van der Waals surface area (Å²) in [5, 5.41) is 5.72. The summed E-state index contributed by atoms with van der Waals surface area (Å²) in [6.07, 6.45) is 2.12. The molecule has 2 nitrogen and oxygen atoms in total. The van der Waals surface area contributed by atoms with Crippen molar-refractivity contribution in [1.29, 1.82) is 0 Å². The molecule has 2 rings (SSSR count). The number of rotatable bonds is 6. The maximum atomic E-state index is 4.37. The summed E-state index contributed by atoms with van der Waals surface area (Å²) in [6, 6.07) is 11.0. The Bertz CT molecular complexity index is 411. The second-order valence-electron chi connectivity index (χ2n) is 4.10. The first-order valence-electron chi connectivity index (χ1n) is 6.05. The highest BCUT2D eigenvalue weighted by molar-refractivity contribution is 7.07. The van der Waals surface area contributed by atoms with Crippen LogP contribution in [-0.2, 0) is 6.42 Å². The first-order valence-corrected chi connectivity index (χ1v) is 7.00. The van der Waals surface area contributed by atoms with E-state index in [1.54, 1.807) is 11.3 Å². The van der Waals surface area contributed by atoms with Gasteiger partial charge in [-0.3, -0.25) is 0 Å². The molecule has 1 aromatic heterocycles. The van der Waals surface area contributed by atoms with Gasteiger partial charge in [0.1, 0.15) is 0 Å². The summed E-state index contributed by atoms with van der Waals surface area (Å²) < 4.78 is 0. The molecule has 0 amide bonds. The quantitative estimate of drug-likeness (QED) is 0.844. The second kappa shape index (κ2) is 6.52. The summed E-state index contributed by atoms with van der Waals surface area (Å²) >= 11 is 1.66. The van der Waals surface area contributed by atoms with Crippen LogP contribution in [-0.4, -0.2) is 11.5 Å². The summed E-state index contributed by atoms with van der Waals surface area (Å²) in [5.74, 6) is 0. The van der Waals surface area contributed by atoms with Gasteiger partial charge in [-0.25, -0.2) is 4.98 Å². The second-order valence-corrected chi connectivity index (χ2v) is 4.82. The molecule has 90 valence electrons. The van der Waals surface area contributed by atoms with Gasteiger partial charge in [-0.1, -0.05) is 37.3 Å². The van der Waals surface area contributed by atoms with Gasteiger partial charge in [0, 0.05) is 17.8 Å². The van der Waals surface area contributed by atoms with E-state index in [1.165, 1.54) is 11.3 Å². The van der Waals surface area contributed by atoms with Crippen molar-refractivity contribution >= 4 is 11.3 Å². The highest BCUT2D eigenvalue weighted by Crippen LogP contribution is 2.18. The molecule has 0 aliphatic rings. The van der Waals surface area contributed by atoms with E-state index >= 15 is 0 Å². The molecule has 1 aromatic carbocycles. The molecule has 0 aliphatic heterocycles. The Morgan fingerprint density at radius 2 is 2.12 bits per heavy atom. The topological polar surface area (TPSA) is 24.9 Å². The molecule has 3 heteroatoms. The third kappa shape index (κ3) is 3.65. The fourth-order valence-electron chi connectivity index (χ4n) is 1.86. The number of thiazole rings is 1. The summed E-state index contributed by atoms with van der Waals surface area (Å²) in [6.45, 7) is 3.24. The molecule has 1 N–H and O–H groups in total. The van der Waals surface area contributed by atoms with Crippen LogP contribution in [0.15, 0.2) is 41.2 Å². The summed E-state index contributed by atoms with van der Waals surface area (Å²) in [5.41, 5.74) is 4.42. The van der Waals surface area contributed by atoms with Crippen molar-refractivity contribution in [2.24, 2.45) is 0 Å². The van der Waals surface area contributed by atoms with Gasteiger partial charge >= 0.3 is 0 Å². The first kappa shape index (κ1) is 12.3. The summed E-state index contributed by atoms with van der Waals surface area (Å²) in [4.78, 5) is 4.37. The molecule has 1 heterocycles. The van der Waals surface area contributed by atoms with Gasteiger partial charge in [-0.15, -0.1) is 11.3 Å². The molecule has 0 bridgehead atoms. The molecule has 0 radical (unpaired) electrons. The van der Waals surface area contributed by atoms with E-state index in [2.05, 4.69) is 52.9 Å². The van der Waals surface area contributed by atoms with Gasteiger partial charge in [0.05, 0.1) is 11.2 Å². The van der Waals surface area contributed by atoms with Gasteiger partial charge in [0.15, 0.2) is 0 Å². The molecule has 0 saturated heterocycles. The Labute approximate surface area is 107 Å². The highest BCUT2D eigenvalue weighted by Gasteiger charge is 2.11. The Balaban J connectivity index is 2.08. The van der Waals surface area contributed by atoms with E-state index in [0.717, 1.165) is 19.4 Å². The van der Waals surface area contributed by atoms with Gasteiger partial charge < -0.3 is 5.32 Å². The average Bonchev–Trinajstić information content (AvgIpc) is 2.88. The number of nitrogens with one attached hydrogen (secondary N) is 1. The molecule has 17 heavy (non-hydrogen) atoms. The van der Waals surface area contributed by atoms with Crippen molar-refractivity contribution in [1.82, 2.24) is 10.3 Å². The molecule has 0 aliphatic carbocycles. The van der Waals surface area contributed by atoms with Crippen LogP contribution in [0.25, 0.3) is 0 Å². The predicted molar refractivity (Wildman–Crippen MR) is 73.3 cm³/mol. The number of hydrogen-bond donors (Lipinski definition) is 1. The monoisotopic (exact) mass is 246 g/mol. The summed E-state index contributed by atoms with van der Waals surface area (Å²) in [7, 11) is 0. The molecule has 0 fully saturated rings. The SMILES string of the molecule is CCCNC(Cc1cscn1)c1ccccc1. The molecule has 1 atom stereocenters. The van der Waals surface area contributed by atoms with Crippen molar-refractivity contribution in [2.75, 3.05) is 6.54 Å². The van der Waals surface area contributed by atoms with Crippen LogP contribution < -0.4 is 5.32 Å². The lowest BCUT2D eigenvalue weighted by Crippen LogP contribution is -2.24. The van der Waals surface area contributed by atoms with Gasteiger partial charge in [-0.2, -0.15) is 0 Å². The smallest absolute Gasteiger partial charge is 0.0794 e. The van der Waals surface area contributed by atoms with E-state index in [9.17, 15) is 0 Å². The number of hydrogen-bond acceptors (Lipinski definition) is 3. The van der Waals surface area contributed by atoms with Crippen LogP contribution in [0.1, 0.15) is 30.6 Å². The standard InChI is InChI=1S/C14H18N2S/c1-2-8-15-14(9-13-10-17-11-16-13)12-6-4-3-5-7-12/h3-7,10-11,14-15H,2,8-9H2,1H3. The molecule has 0 spiro atoms. The molecule has 0 saturated carbocycles. The Morgan fingerprint density at radius 3 is 2.76 bits per heavy atom. The predicted octanol–water partition coefficient (Wildman–Crippen LogP) is 3.43. The minimum Gasteiger partial charge on any atom is -0.310 e. The van der Waals surface area contributed by atoms with Gasteiger partial charge in [0.2, 0.25) is 0 Å². The van der Waals surface area contributed by atoms with Crippen LogP contribution in [0.5, 0.6) is 0 Å². The average molecular weight is 246 g/mol. The van der Waals surface area contributed by atoms with Crippen LogP contribution >= 0.6 is 11.3 Å². The van der Waals surface area contributed by atoms with Crippen molar-refractivity contribution in [2.45, 2.75) is 25.8 Å². The highest BCUT2D eigenvalue weighted by atomic mass is 32.1. The zero-order valence-electron chi connectivity index (χ0n) is 10.1. The van der Waals surface area contributed by atoms with E-state index < -0.39 is 0 Å². The van der Waals surface area contributed by atoms with E-state index in [1.807, 2.05) is 5.51 Å². The Hall–Kier alpha value is -1.19. The molecular formula is C14H18N2S. The zero-order chi connectivity index (χ0) is 11.9. The maximum Gasteiger partial charge on any atom is 0.0794 e. The number of aromatic nitrogens is 1. The van der Waals surface area contributed by atoms with Crippen LogP contribution in [0.4, 0.5) is 0 Å². The van der Waals surface area contributed by atoms with Crippen LogP contribution in [0.2, 0.25) is 0 Å². The van der Waals surface area contributed by atoms with Gasteiger partial charge in [-0.05, 0) is 18.5 Å². The third-order valence-electron chi connectivity index (χ3n) is 2.74. The van der Waals surface area contributed by atoms with Crippen molar-refractivity contribution in [3.63, 3.8) is 0 Å².